The minimum absolute atomic E-state index is 0.0833. The van der Waals surface area contributed by atoms with E-state index in [0.29, 0.717) is 5.56 Å². The van der Waals surface area contributed by atoms with Crippen molar-refractivity contribution in [2.45, 2.75) is 63.8 Å². The Balaban J connectivity index is 1.74. The molecule has 12 heteroatoms. The van der Waals surface area contributed by atoms with E-state index in [9.17, 15) is 14.9 Å². The van der Waals surface area contributed by atoms with Crippen molar-refractivity contribution in [1.29, 1.82) is 5.26 Å². The average molecular weight is 561 g/mol. The molecule has 1 N–H and O–H groups in total. The van der Waals surface area contributed by atoms with Crippen LogP contribution in [0.5, 0.6) is 0 Å². The molecule has 4 atom stereocenters. The molecule has 2 heterocycles. The molecule has 4 rings (SSSR count). The molecule has 1 aliphatic rings. The normalized spacial score (nSPS) is 19.9. The van der Waals surface area contributed by atoms with Crippen LogP contribution in [0.3, 0.4) is 0 Å². The molecule has 1 aromatic heterocycles. The molecule has 208 valence electrons. The smallest absolute Gasteiger partial charge is 0.330 e. The van der Waals surface area contributed by atoms with Crippen LogP contribution in [0.2, 0.25) is 5.04 Å². The lowest BCUT2D eigenvalue weighted by atomic mass is 10.2. The van der Waals surface area contributed by atoms with E-state index in [0.717, 1.165) is 10.4 Å². The maximum Gasteiger partial charge on any atom is 0.330 e. The molecule has 0 bridgehead atoms. The molecule has 3 aromatic rings. The van der Waals surface area contributed by atoms with Crippen molar-refractivity contribution >= 4 is 18.7 Å². The fraction of sp³-hybridized carbons (Fsp3) is 0.393. The van der Waals surface area contributed by atoms with E-state index in [1.807, 2.05) is 42.5 Å². The van der Waals surface area contributed by atoms with Crippen LogP contribution in [0.4, 0.5) is 0 Å². The summed E-state index contributed by atoms with van der Waals surface area (Å²) in [5, 5.41) is 14.7. The highest BCUT2D eigenvalue weighted by Crippen LogP contribution is 2.38. The molecule has 1 aliphatic heterocycles. The summed E-state index contributed by atoms with van der Waals surface area (Å²) < 4.78 is 20.5. The van der Waals surface area contributed by atoms with Gasteiger partial charge in [0.2, 0.25) is 6.23 Å². The monoisotopic (exact) mass is 560 g/mol. The SMILES string of the molecule is Cc1cn([C@H]2C[C@@H](OC(C#N)N=[N+]=[N-])[C@@H](CO[Si](c3ccccc3)(c3ccccc3)C(C)(C)C)O2)c(=O)[nH]c1=O. The Morgan fingerprint density at radius 1 is 1.18 bits per heavy atom. The molecular weight excluding hydrogens is 528 g/mol. The standard InChI is InChI=1S/C28H32N6O5Si/c1-19-17-34(27(36)31-26(19)35)25-15-22(38-24(16-29)32-33-30)23(39-25)18-37-40(28(2,3)4,20-11-7-5-8-12-20)21-13-9-6-10-14-21/h5-14,17,22-25H,15,18H2,1-4H3,(H,31,35,36)/t22-,23-,24?,25-/m1/s1. The van der Waals surface area contributed by atoms with Crippen LogP contribution in [-0.2, 0) is 13.9 Å². The highest BCUT2D eigenvalue weighted by Gasteiger charge is 2.51. The Hall–Kier alpha value is -3.98. The van der Waals surface area contributed by atoms with Crippen molar-refractivity contribution in [2.24, 2.45) is 5.11 Å². The van der Waals surface area contributed by atoms with E-state index in [4.69, 9.17) is 19.4 Å². The largest absolute Gasteiger partial charge is 0.405 e. The van der Waals surface area contributed by atoms with Crippen LogP contribution in [0.15, 0.2) is 81.6 Å². The summed E-state index contributed by atoms with van der Waals surface area (Å²) >= 11 is 0. The molecule has 40 heavy (non-hydrogen) atoms. The summed E-state index contributed by atoms with van der Waals surface area (Å²) in [5.74, 6) is 0. The van der Waals surface area contributed by atoms with Gasteiger partial charge in [-0.15, -0.1) is 0 Å². The summed E-state index contributed by atoms with van der Waals surface area (Å²) in [6.07, 6.45) is -2.04. The zero-order valence-corrected chi connectivity index (χ0v) is 23.9. The number of aryl methyl sites for hydroxylation is 1. The maximum atomic E-state index is 12.6. The number of ether oxygens (including phenoxy) is 2. The first-order valence-corrected chi connectivity index (χ1v) is 14.8. The molecule has 0 saturated carbocycles. The fourth-order valence-corrected chi connectivity index (χ4v) is 9.80. The molecule has 0 amide bonds. The second kappa shape index (κ2) is 12.0. The van der Waals surface area contributed by atoms with Gasteiger partial charge in [0.1, 0.15) is 18.4 Å². The summed E-state index contributed by atoms with van der Waals surface area (Å²) in [6, 6.07) is 22.0. The van der Waals surface area contributed by atoms with Crippen LogP contribution < -0.4 is 21.6 Å². The van der Waals surface area contributed by atoms with Gasteiger partial charge in [0.05, 0.1) is 12.7 Å². The van der Waals surface area contributed by atoms with Gasteiger partial charge in [-0.3, -0.25) is 14.3 Å². The Morgan fingerprint density at radius 3 is 2.30 bits per heavy atom. The van der Waals surface area contributed by atoms with Crippen molar-refractivity contribution in [3.8, 4) is 6.07 Å². The molecule has 2 aromatic carbocycles. The molecule has 1 fully saturated rings. The average Bonchev–Trinajstić information content (AvgIpc) is 3.33. The number of azide groups is 1. The van der Waals surface area contributed by atoms with Crippen LogP contribution in [0, 0.1) is 18.3 Å². The second-order valence-corrected chi connectivity index (χ2v) is 15.0. The summed E-state index contributed by atoms with van der Waals surface area (Å²) in [4.78, 5) is 29.6. The molecule has 0 aliphatic carbocycles. The highest BCUT2D eigenvalue weighted by molar-refractivity contribution is 6.99. The van der Waals surface area contributed by atoms with Gasteiger partial charge >= 0.3 is 5.69 Å². The van der Waals surface area contributed by atoms with Crippen molar-refractivity contribution in [1.82, 2.24) is 9.55 Å². The van der Waals surface area contributed by atoms with Gasteiger partial charge in [-0.05, 0) is 33.0 Å². The van der Waals surface area contributed by atoms with E-state index in [1.54, 1.807) is 6.92 Å². The number of nitrogens with one attached hydrogen (secondary N) is 1. The number of nitrogens with zero attached hydrogens (tertiary/aromatic N) is 5. The van der Waals surface area contributed by atoms with Crippen LogP contribution in [-0.4, -0.2) is 42.9 Å². The first-order chi connectivity index (χ1) is 19.1. The molecular formula is C28H32N6O5Si. The number of aromatic amines is 1. The Bertz CT molecular complexity index is 1480. The number of aromatic nitrogens is 2. The van der Waals surface area contributed by atoms with E-state index < -0.39 is 44.2 Å². The third-order valence-corrected chi connectivity index (χ3v) is 12.1. The highest BCUT2D eigenvalue weighted by atomic mass is 28.4. The topological polar surface area (TPSA) is 155 Å². The lowest BCUT2D eigenvalue weighted by molar-refractivity contribution is -0.0681. The van der Waals surface area contributed by atoms with E-state index in [-0.39, 0.29) is 18.1 Å². The third-order valence-electron chi connectivity index (χ3n) is 7.09. The van der Waals surface area contributed by atoms with Gasteiger partial charge < -0.3 is 13.9 Å². The van der Waals surface area contributed by atoms with Gasteiger partial charge in [-0.25, -0.2) is 4.79 Å². The number of H-pyrrole nitrogens is 1. The third kappa shape index (κ3) is 5.79. The van der Waals surface area contributed by atoms with Gasteiger partial charge in [0.15, 0.2) is 0 Å². The molecule has 0 spiro atoms. The molecule has 1 unspecified atom stereocenters. The quantitative estimate of drug-likeness (QED) is 0.183. The lowest BCUT2D eigenvalue weighted by Gasteiger charge is -2.43. The first-order valence-electron chi connectivity index (χ1n) is 12.9. The Morgan fingerprint density at radius 2 is 1.77 bits per heavy atom. The van der Waals surface area contributed by atoms with Gasteiger partial charge in [0.25, 0.3) is 13.9 Å². The van der Waals surface area contributed by atoms with E-state index in [2.05, 4.69) is 60.0 Å². The summed E-state index contributed by atoms with van der Waals surface area (Å²) in [6.45, 7) is 8.14. The van der Waals surface area contributed by atoms with Gasteiger partial charge in [-0.1, -0.05) is 81.4 Å². The fourth-order valence-electron chi connectivity index (χ4n) is 5.23. The van der Waals surface area contributed by atoms with Crippen molar-refractivity contribution in [3.05, 3.63) is 104 Å². The van der Waals surface area contributed by atoms with E-state index in [1.165, 1.54) is 10.8 Å². The minimum Gasteiger partial charge on any atom is -0.405 e. The predicted octanol–water partition coefficient (Wildman–Crippen LogP) is 3.25. The number of rotatable bonds is 9. The summed E-state index contributed by atoms with van der Waals surface area (Å²) in [5.41, 5.74) is 8.12. The number of nitriles is 1. The van der Waals surface area contributed by atoms with Crippen LogP contribution in [0.1, 0.15) is 39.0 Å². The zero-order valence-electron chi connectivity index (χ0n) is 22.9. The van der Waals surface area contributed by atoms with Gasteiger partial charge in [-0.2, -0.15) is 5.26 Å². The minimum atomic E-state index is -2.94. The number of hydrogen-bond acceptors (Lipinski definition) is 7. The van der Waals surface area contributed by atoms with Crippen LogP contribution in [0.25, 0.3) is 10.4 Å². The van der Waals surface area contributed by atoms with Crippen molar-refractivity contribution in [2.75, 3.05) is 6.61 Å². The first kappa shape index (κ1) is 29.0. The number of benzene rings is 2. The predicted molar refractivity (Wildman–Crippen MR) is 152 cm³/mol. The Labute approximate surface area is 232 Å². The summed E-state index contributed by atoms with van der Waals surface area (Å²) in [7, 11) is -2.94. The lowest BCUT2D eigenvalue weighted by Crippen LogP contribution is -2.67. The molecule has 0 radical (unpaired) electrons. The number of hydrogen-bond donors (Lipinski definition) is 1. The van der Waals surface area contributed by atoms with Crippen LogP contribution >= 0.6 is 0 Å². The van der Waals surface area contributed by atoms with Crippen molar-refractivity contribution in [3.63, 3.8) is 0 Å². The van der Waals surface area contributed by atoms with Gasteiger partial charge in [0, 0.05) is 23.1 Å². The maximum absolute atomic E-state index is 12.6. The zero-order chi connectivity index (χ0) is 28.9. The second-order valence-electron chi connectivity index (χ2n) is 10.7. The molecule has 1 saturated heterocycles. The van der Waals surface area contributed by atoms with Crippen molar-refractivity contribution < 1.29 is 13.9 Å². The van der Waals surface area contributed by atoms with E-state index >= 15 is 0 Å². The Kier molecular flexibility index (Phi) is 8.73. The molecule has 11 nitrogen and oxygen atoms in total.